The van der Waals surface area contributed by atoms with E-state index in [1.807, 2.05) is 43.3 Å². The van der Waals surface area contributed by atoms with Crippen LogP contribution >= 0.6 is 11.8 Å². The first-order valence-corrected chi connectivity index (χ1v) is 11.8. The van der Waals surface area contributed by atoms with Crippen LogP contribution in [-0.4, -0.2) is 17.1 Å². The van der Waals surface area contributed by atoms with Crippen molar-refractivity contribution in [3.8, 4) is 0 Å². The molecule has 0 aliphatic heterocycles. The molecule has 0 saturated heterocycles. The average Bonchev–Trinajstić information content (AvgIpc) is 2.75. The Morgan fingerprint density at radius 1 is 0.900 bits per heavy atom. The summed E-state index contributed by atoms with van der Waals surface area (Å²) < 4.78 is 0. The lowest BCUT2D eigenvalue weighted by Crippen LogP contribution is -2.24. The Hall–Kier alpha value is -2.27. The third-order valence-electron chi connectivity index (χ3n) is 5.60. The number of amides is 2. The quantitative estimate of drug-likeness (QED) is 0.502. The Bertz CT molecular complexity index is 858. The van der Waals surface area contributed by atoms with Gasteiger partial charge in [0.15, 0.2) is 0 Å². The fraction of sp³-hybridized carbons (Fsp3) is 0.440. The zero-order valence-electron chi connectivity index (χ0n) is 18.1. The molecule has 1 saturated carbocycles. The van der Waals surface area contributed by atoms with E-state index >= 15 is 0 Å². The fourth-order valence-corrected chi connectivity index (χ4v) is 4.64. The highest BCUT2D eigenvalue weighted by Gasteiger charge is 2.21. The van der Waals surface area contributed by atoms with Crippen LogP contribution in [0.2, 0.25) is 0 Å². The number of nitrogens with one attached hydrogen (secondary N) is 2. The second kappa shape index (κ2) is 10.7. The molecule has 0 radical (unpaired) electrons. The predicted molar refractivity (Wildman–Crippen MR) is 126 cm³/mol. The topological polar surface area (TPSA) is 58.2 Å². The Kier molecular flexibility index (Phi) is 7.97. The fourth-order valence-electron chi connectivity index (χ4n) is 3.71. The molecule has 5 heteroatoms. The number of hydrogen-bond acceptors (Lipinski definition) is 3. The van der Waals surface area contributed by atoms with Gasteiger partial charge < -0.3 is 10.6 Å². The van der Waals surface area contributed by atoms with Gasteiger partial charge in [0.05, 0.1) is 5.25 Å². The van der Waals surface area contributed by atoms with Crippen molar-refractivity contribution in [1.29, 1.82) is 0 Å². The molecule has 0 spiro atoms. The Morgan fingerprint density at radius 2 is 1.60 bits per heavy atom. The van der Waals surface area contributed by atoms with Crippen LogP contribution in [0.3, 0.4) is 0 Å². The van der Waals surface area contributed by atoms with Crippen molar-refractivity contribution in [1.82, 2.24) is 0 Å². The molecule has 2 amide bonds. The summed E-state index contributed by atoms with van der Waals surface area (Å²) in [7, 11) is 0. The van der Waals surface area contributed by atoms with Gasteiger partial charge in [-0.2, -0.15) is 0 Å². The van der Waals surface area contributed by atoms with Crippen LogP contribution in [0.15, 0.2) is 53.4 Å². The summed E-state index contributed by atoms with van der Waals surface area (Å²) in [6.45, 7) is 6.20. The van der Waals surface area contributed by atoms with E-state index in [4.69, 9.17) is 0 Å². The van der Waals surface area contributed by atoms with Gasteiger partial charge in [-0.25, -0.2) is 0 Å². The molecular weight excluding hydrogens is 392 g/mol. The number of carbonyl (C=O) groups excluding carboxylic acids is 2. The molecule has 0 aromatic heterocycles. The molecule has 160 valence electrons. The van der Waals surface area contributed by atoms with Crippen molar-refractivity contribution in [2.24, 2.45) is 5.92 Å². The van der Waals surface area contributed by atoms with E-state index in [2.05, 4.69) is 36.6 Å². The van der Waals surface area contributed by atoms with Gasteiger partial charge in [-0.1, -0.05) is 51.3 Å². The van der Waals surface area contributed by atoms with Gasteiger partial charge in [-0.3, -0.25) is 9.59 Å². The molecule has 0 bridgehead atoms. The van der Waals surface area contributed by atoms with Crippen LogP contribution in [-0.2, 0) is 9.59 Å². The first kappa shape index (κ1) is 22.4. The largest absolute Gasteiger partial charge is 0.326 e. The van der Waals surface area contributed by atoms with E-state index in [0.29, 0.717) is 5.92 Å². The van der Waals surface area contributed by atoms with Crippen LogP contribution in [0.25, 0.3) is 0 Å². The Balaban J connectivity index is 1.55. The smallest absolute Gasteiger partial charge is 0.237 e. The summed E-state index contributed by atoms with van der Waals surface area (Å²) in [4.78, 5) is 26.1. The summed E-state index contributed by atoms with van der Waals surface area (Å²) in [5, 5.41) is 5.79. The lowest BCUT2D eigenvalue weighted by Gasteiger charge is -2.21. The van der Waals surface area contributed by atoms with Crippen LogP contribution in [0.5, 0.6) is 0 Å². The van der Waals surface area contributed by atoms with Crippen molar-refractivity contribution in [3.05, 3.63) is 54.1 Å². The zero-order chi connectivity index (χ0) is 21.5. The van der Waals surface area contributed by atoms with E-state index in [1.54, 1.807) is 0 Å². The third-order valence-corrected chi connectivity index (χ3v) is 6.70. The third kappa shape index (κ3) is 6.36. The number of rotatable bonds is 7. The molecule has 1 unspecified atom stereocenters. The number of carbonyl (C=O) groups is 2. The molecule has 2 N–H and O–H groups in total. The standard InChI is InChI=1S/C25H32N2O2S/c1-17(2)19-12-14-21(15-13-19)26-24(28)18(3)30-23-11-7-10-22(16-23)27-25(29)20-8-5-4-6-9-20/h7,10-18,20H,4-6,8-9H2,1-3H3,(H,26,28)(H,27,29). The second-order valence-electron chi connectivity index (χ2n) is 8.38. The summed E-state index contributed by atoms with van der Waals surface area (Å²) >= 11 is 1.49. The minimum absolute atomic E-state index is 0.0334. The van der Waals surface area contributed by atoms with E-state index in [1.165, 1.54) is 23.7 Å². The van der Waals surface area contributed by atoms with E-state index in [-0.39, 0.29) is 23.0 Å². The Labute approximate surface area is 184 Å². The second-order valence-corrected chi connectivity index (χ2v) is 9.79. The summed E-state index contributed by atoms with van der Waals surface area (Å²) in [5.41, 5.74) is 2.86. The van der Waals surface area contributed by atoms with Gasteiger partial charge >= 0.3 is 0 Å². The van der Waals surface area contributed by atoms with Gasteiger partial charge in [0, 0.05) is 22.2 Å². The highest BCUT2D eigenvalue weighted by molar-refractivity contribution is 8.00. The molecule has 1 aliphatic rings. The number of thioether (sulfide) groups is 1. The van der Waals surface area contributed by atoms with Crippen molar-refractivity contribution in [2.45, 2.75) is 68.9 Å². The van der Waals surface area contributed by atoms with Crippen molar-refractivity contribution >= 4 is 35.0 Å². The molecule has 2 aromatic carbocycles. The molecule has 1 atom stereocenters. The minimum Gasteiger partial charge on any atom is -0.326 e. The van der Waals surface area contributed by atoms with Gasteiger partial charge in [-0.15, -0.1) is 11.8 Å². The SMILES string of the molecule is CC(Sc1cccc(NC(=O)C2CCCCC2)c1)C(=O)Nc1ccc(C(C)C)cc1. The van der Waals surface area contributed by atoms with Crippen LogP contribution in [0, 0.1) is 5.92 Å². The van der Waals surface area contributed by atoms with E-state index in [0.717, 1.165) is 42.0 Å². The molecular formula is C25H32N2O2S. The highest BCUT2D eigenvalue weighted by atomic mass is 32.2. The van der Waals surface area contributed by atoms with E-state index in [9.17, 15) is 9.59 Å². The van der Waals surface area contributed by atoms with Gasteiger partial charge in [0.2, 0.25) is 11.8 Å². The number of anilines is 2. The monoisotopic (exact) mass is 424 g/mol. The van der Waals surface area contributed by atoms with Crippen molar-refractivity contribution in [3.63, 3.8) is 0 Å². The Morgan fingerprint density at radius 3 is 2.27 bits per heavy atom. The molecule has 1 aliphatic carbocycles. The first-order chi connectivity index (χ1) is 14.4. The molecule has 30 heavy (non-hydrogen) atoms. The molecule has 4 nitrogen and oxygen atoms in total. The molecule has 3 rings (SSSR count). The van der Waals surface area contributed by atoms with Gasteiger partial charge in [0.25, 0.3) is 0 Å². The van der Waals surface area contributed by atoms with Crippen molar-refractivity contribution in [2.75, 3.05) is 10.6 Å². The summed E-state index contributed by atoms with van der Waals surface area (Å²) in [5.74, 6) is 0.679. The van der Waals surface area contributed by atoms with Gasteiger partial charge in [-0.05, 0) is 61.6 Å². The lowest BCUT2D eigenvalue weighted by molar-refractivity contribution is -0.120. The minimum atomic E-state index is -0.251. The van der Waals surface area contributed by atoms with Crippen LogP contribution in [0.1, 0.15) is 64.4 Å². The van der Waals surface area contributed by atoms with Crippen LogP contribution in [0.4, 0.5) is 11.4 Å². The number of hydrogen-bond donors (Lipinski definition) is 2. The van der Waals surface area contributed by atoms with Crippen LogP contribution < -0.4 is 10.6 Å². The molecule has 0 heterocycles. The summed E-state index contributed by atoms with van der Waals surface area (Å²) in [6, 6.07) is 15.8. The average molecular weight is 425 g/mol. The molecule has 1 fully saturated rings. The maximum absolute atomic E-state index is 12.6. The first-order valence-electron chi connectivity index (χ1n) is 10.9. The van der Waals surface area contributed by atoms with Gasteiger partial charge in [0.1, 0.15) is 0 Å². The zero-order valence-corrected chi connectivity index (χ0v) is 18.9. The lowest BCUT2D eigenvalue weighted by atomic mass is 9.88. The normalized spacial score (nSPS) is 15.6. The van der Waals surface area contributed by atoms with E-state index < -0.39 is 0 Å². The maximum atomic E-state index is 12.6. The van der Waals surface area contributed by atoms with Crippen molar-refractivity contribution < 1.29 is 9.59 Å². The number of benzene rings is 2. The summed E-state index contributed by atoms with van der Waals surface area (Å²) in [6.07, 6.45) is 5.48. The maximum Gasteiger partial charge on any atom is 0.237 e. The molecule has 2 aromatic rings. The predicted octanol–water partition coefficient (Wildman–Crippen LogP) is 6.45. The highest BCUT2D eigenvalue weighted by Crippen LogP contribution is 2.29.